The molecule has 3 heteroatoms. The third kappa shape index (κ3) is 4.02. The van der Waals surface area contributed by atoms with Crippen LogP contribution in [-0.4, -0.2) is 11.1 Å². The Morgan fingerprint density at radius 1 is 1.35 bits per heavy atom. The predicted octanol–water partition coefficient (Wildman–Crippen LogP) is 3.34. The van der Waals surface area contributed by atoms with Gasteiger partial charge in [0.15, 0.2) is 0 Å². The molecule has 0 saturated carbocycles. The molecule has 0 fully saturated rings. The number of rotatable bonds is 6. The zero-order chi connectivity index (χ0) is 12.1. The molecule has 0 radical (unpaired) electrons. The summed E-state index contributed by atoms with van der Waals surface area (Å²) >= 11 is 1.81. The SMILES string of the molecule is CC(C)CNCc1ccn(Cc2cccs2)c1. The lowest BCUT2D eigenvalue weighted by atomic mass is 10.2. The molecule has 2 aromatic rings. The summed E-state index contributed by atoms with van der Waals surface area (Å²) in [6.45, 7) is 7.50. The lowest BCUT2D eigenvalue weighted by molar-refractivity contribution is 0.552. The first-order valence-corrected chi connectivity index (χ1v) is 7.00. The normalized spacial score (nSPS) is 11.2. The molecule has 0 aromatic carbocycles. The molecule has 0 unspecified atom stereocenters. The molecule has 0 aliphatic heterocycles. The third-order valence-corrected chi connectivity index (χ3v) is 3.47. The topological polar surface area (TPSA) is 17.0 Å². The summed E-state index contributed by atoms with van der Waals surface area (Å²) in [7, 11) is 0. The summed E-state index contributed by atoms with van der Waals surface area (Å²) in [4.78, 5) is 1.40. The Morgan fingerprint density at radius 3 is 2.94 bits per heavy atom. The van der Waals surface area contributed by atoms with Gasteiger partial charge in [-0.1, -0.05) is 19.9 Å². The molecule has 0 aliphatic rings. The van der Waals surface area contributed by atoms with Crippen molar-refractivity contribution >= 4 is 11.3 Å². The summed E-state index contributed by atoms with van der Waals surface area (Å²) < 4.78 is 2.25. The van der Waals surface area contributed by atoms with Crippen molar-refractivity contribution in [1.82, 2.24) is 9.88 Å². The van der Waals surface area contributed by atoms with E-state index in [1.807, 2.05) is 11.3 Å². The van der Waals surface area contributed by atoms with Crippen molar-refractivity contribution in [3.05, 3.63) is 46.4 Å². The largest absolute Gasteiger partial charge is 0.349 e. The maximum atomic E-state index is 3.46. The van der Waals surface area contributed by atoms with Crippen LogP contribution in [0.2, 0.25) is 0 Å². The van der Waals surface area contributed by atoms with Gasteiger partial charge in [0, 0.05) is 23.8 Å². The van der Waals surface area contributed by atoms with E-state index in [9.17, 15) is 0 Å². The molecule has 0 amide bonds. The van der Waals surface area contributed by atoms with Gasteiger partial charge < -0.3 is 9.88 Å². The fourth-order valence-electron chi connectivity index (χ4n) is 1.78. The number of hydrogen-bond acceptors (Lipinski definition) is 2. The first-order chi connectivity index (χ1) is 8.24. The highest BCUT2D eigenvalue weighted by Gasteiger charge is 1.99. The van der Waals surface area contributed by atoms with Gasteiger partial charge in [0.2, 0.25) is 0 Å². The van der Waals surface area contributed by atoms with Crippen LogP contribution in [0.25, 0.3) is 0 Å². The zero-order valence-electron chi connectivity index (χ0n) is 10.5. The van der Waals surface area contributed by atoms with Gasteiger partial charge >= 0.3 is 0 Å². The maximum absolute atomic E-state index is 3.46. The fraction of sp³-hybridized carbons (Fsp3) is 0.429. The highest BCUT2D eigenvalue weighted by molar-refractivity contribution is 7.09. The molecule has 2 heterocycles. The second-order valence-corrected chi connectivity index (χ2v) is 5.83. The second-order valence-electron chi connectivity index (χ2n) is 4.80. The molecule has 17 heavy (non-hydrogen) atoms. The van der Waals surface area contributed by atoms with Crippen LogP contribution in [-0.2, 0) is 13.1 Å². The van der Waals surface area contributed by atoms with E-state index in [0.29, 0.717) is 5.92 Å². The maximum Gasteiger partial charge on any atom is 0.0563 e. The van der Waals surface area contributed by atoms with E-state index in [4.69, 9.17) is 0 Å². The molecule has 2 aromatic heterocycles. The zero-order valence-corrected chi connectivity index (χ0v) is 11.3. The van der Waals surface area contributed by atoms with E-state index in [1.165, 1.54) is 10.4 Å². The molecule has 1 N–H and O–H groups in total. The molecule has 0 aliphatic carbocycles. The van der Waals surface area contributed by atoms with Crippen molar-refractivity contribution in [2.24, 2.45) is 5.92 Å². The van der Waals surface area contributed by atoms with E-state index < -0.39 is 0 Å². The minimum absolute atomic E-state index is 0.711. The van der Waals surface area contributed by atoms with Crippen LogP contribution in [0.1, 0.15) is 24.3 Å². The van der Waals surface area contributed by atoms with Gasteiger partial charge in [-0.05, 0) is 35.5 Å². The molecule has 0 spiro atoms. The van der Waals surface area contributed by atoms with E-state index in [-0.39, 0.29) is 0 Å². The molecule has 2 nitrogen and oxygen atoms in total. The van der Waals surface area contributed by atoms with Crippen molar-refractivity contribution < 1.29 is 0 Å². The predicted molar refractivity (Wildman–Crippen MR) is 74.4 cm³/mol. The van der Waals surface area contributed by atoms with E-state index in [1.54, 1.807) is 0 Å². The van der Waals surface area contributed by atoms with Crippen molar-refractivity contribution in [2.75, 3.05) is 6.54 Å². The van der Waals surface area contributed by atoms with Crippen molar-refractivity contribution in [3.8, 4) is 0 Å². The van der Waals surface area contributed by atoms with Crippen molar-refractivity contribution in [2.45, 2.75) is 26.9 Å². The highest BCUT2D eigenvalue weighted by Crippen LogP contribution is 2.11. The molecule has 0 saturated heterocycles. The van der Waals surface area contributed by atoms with Gasteiger partial charge in [-0.25, -0.2) is 0 Å². The van der Waals surface area contributed by atoms with E-state index in [2.05, 4.69) is 59.7 Å². The van der Waals surface area contributed by atoms with Crippen LogP contribution < -0.4 is 5.32 Å². The summed E-state index contributed by atoms with van der Waals surface area (Å²) in [6.07, 6.45) is 4.39. The van der Waals surface area contributed by atoms with Crippen LogP contribution in [0, 0.1) is 5.92 Å². The summed E-state index contributed by atoms with van der Waals surface area (Å²) in [6, 6.07) is 6.48. The standard InChI is InChI=1S/C14H20N2S/c1-12(2)8-15-9-13-5-6-16(10-13)11-14-4-3-7-17-14/h3-7,10,12,15H,8-9,11H2,1-2H3. The average molecular weight is 248 g/mol. The van der Waals surface area contributed by atoms with Crippen LogP contribution in [0.15, 0.2) is 36.0 Å². The molecule has 2 rings (SSSR count). The number of thiophene rings is 1. The van der Waals surface area contributed by atoms with Crippen molar-refractivity contribution in [3.63, 3.8) is 0 Å². The van der Waals surface area contributed by atoms with Gasteiger partial charge in [-0.3, -0.25) is 0 Å². The number of hydrogen-bond donors (Lipinski definition) is 1. The van der Waals surface area contributed by atoms with E-state index in [0.717, 1.165) is 19.6 Å². The van der Waals surface area contributed by atoms with Gasteiger partial charge in [0.05, 0.1) is 6.54 Å². The smallest absolute Gasteiger partial charge is 0.0563 e. The number of aromatic nitrogens is 1. The molecule has 0 bridgehead atoms. The average Bonchev–Trinajstić information content (AvgIpc) is 2.90. The highest BCUT2D eigenvalue weighted by atomic mass is 32.1. The molecule has 0 atom stereocenters. The quantitative estimate of drug-likeness (QED) is 0.829. The molecule has 92 valence electrons. The Morgan fingerprint density at radius 2 is 2.24 bits per heavy atom. The Kier molecular flexibility index (Phi) is 4.40. The van der Waals surface area contributed by atoms with Gasteiger partial charge in [-0.15, -0.1) is 11.3 Å². The lowest BCUT2D eigenvalue weighted by Gasteiger charge is -2.05. The minimum Gasteiger partial charge on any atom is -0.349 e. The summed E-state index contributed by atoms with van der Waals surface area (Å²) in [5.74, 6) is 0.711. The second kappa shape index (κ2) is 6.03. The Balaban J connectivity index is 1.83. The van der Waals surface area contributed by atoms with Crippen LogP contribution in [0.4, 0.5) is 0 Å². The molecular weight excluding hydrogens is 228 g/mol. The Labute approximate surface area is 107 Å². The first-order valence-electron chi connectivity index (χ1n) is 6.12. The first kappa shape index (κ1) is 12.4. The fourth-order valence-corrected chi connectivity index (χ4v) is 2.49. The Bertz CT molecular complexity index is 429. The minimum atomic E-state index is 0.711. The van der Waals surface area contributed by atoms with E-state index >= 15 is 0 Å². The van der Waals surface area contributed by atoms with Crippen LogP contribution >= 0.6 is 11.3 Å². The van der Waals surface area contributed by atoms with Crippen LogP contribution in [0.5, 0.6) is 0 Å². The molecular formula is C14H20N2S. The third-order valence-electron chi connectivity index (χ3n) is 2.61. The van der Waals surface area contributed by atoms with Crippen molar-refractivity contribution in [1.29, 1.82) is 0 Å². The number of nitrogens with one attached hydrogen (secondary N) is 1. The van der Waals surface area contributed by atoms with Gasteiger partial charge in [-0.2, -0.15) is 0 Å². The summed E-state index contributed by atoms with van der Waals surface area (Å²) in [5.41, 5.74) is 1.36. The lowest BCUT2D eigenvalue weighted by Crippen LogP contribution is -2.18. The summed E-state index contributed by atoms with van der Waals surface area (Å²) in [5, 5.41) is 5.59. The monoisotopic (exact) mass is 248 g/mol. The Hall–Kier alpha value is -1.06. The van der Waals surface area contributed by atoms with Crippen LogP contribution in [0.3, 0.4) is 0 Å². The number of nitrogens with zero attached hydrogens (tertiary/aromatic N) is 1. The van der Waals surface area contributed by atoms with Gasteiger partial charge in [0.1, 0.15) is 0 Å². The van der Waals surface area contributed by atoms with Gasteiger partial charge in [0.25, 0.3) is 0 Å².